The standard InChI is InChI=1S/C58H60N4O6/c1-57(2,3)67-53(63)33-59-32-49-41-18-10-12-20-43(41)50(44-21-13-11-19-42(44)49)34-60(7)54(64)39-28-26-38-31-40(29-27-37(38)30-39)55(65)61(8)35-51-45-22-14-16-24-47(45)52(48-25-17-15-23-46(48)51)36-62(9)56(66)68-58(4,5)6/h10-31,59H,32-36H2,1-9H3. The number of esters is 1. The van der Waals surface area contributed by atoms with Gasteiger partial charge in [-0.15, -0.1) is 0 Å². The Morgan fingerprint density at radius 2 is 0.765 bits per heavy atom. The van der Waals surface area contributed by atoms with E-state index in [0.29, 0.717) is 37.3 Å². The van der Waals surface area contributed by atoms with Gasteiger partial charge < -0.3 is 29.5 Å². The van der Waals surface area contributed by atoms with Crippen molar-refractivity contribution in [1.82, 2.24) is 20.0 Å². The molecule has 8 rings (SSSR count). The molecular formula is C58H60N4O6. The molecule has 348 valence electrons. The number of hydrogen-bond donors (Lipinski definition) is 1. The van der Waals surface area contributed by atoms with E-state index in [-0.39, 0.29) is 24.3 Å². The molecule has 0 heterocycles. The third-order valence-electron chi connectivity index (χ3n) is 12.2. The zero-order chi connectivity index (χ0) is 48.5. The largest absolute Gasteiger partial charge is 0.459 e. The van der Waals surface area contributed by atoms with Crippen LogP contribution >= 0.6 is 0 Å². The summed E-state index contributed by atoms with van der Waals surface area (Å²) in [5, 5.41) is 13.3. The van der Waals surface area contributed by atoms with Crippen LogP contribution in [0.3, 0.4) is 0 Å². The highest BCUT2D eigenvalue weighted by Gasteiger charge is 2.24. The second kappa shape index (κ2) is 19.1. The molecule has 0 aromatic heterocycles. The summed E-state index contributed by atoms with van der Waals surface area (Å²) in [6.45, 7) is 12.8. The number of carbonyl (C=O) groups is 4. The molecule has 8 aromatic carbocycles. The van der Waals surface area contributed by atoms with Crippen LogP contribution in [0.2, 0.25) is 0 Å². The molecule has 10 heteroatoms. The Labute approximate surface area is 398 Å². The van der Waals surface area contributed by atoms with Crippen LogP contribution < -0.4 is 5.32 Å². The maximum Gasteiger partial charge on any atom is 0.410 e. The topological polar surface area (TPSA) is 108 Å². The molecule has 0 atom stereocenters. The van der Waals surface area contributed by atoms with E-state index in [9.17, 15) is 19.2 Å². The van der Waals surface area contributed by atoms with Crippen molar-refractivity contribution in [3.8, 4) is 0 Å². The molecule has 0 aliphatic rings. The van der Waals surface area contributed by atoms with Crippen LogP contribution in [-0.4, -0.2) is 77.5 Å². The van der Waals surface area contributed by atoms with Crippen LogP contribution in [0.4, 0.5) is 4.79 Å². The lowest BCUT2D eigenvalue weighted by Crippen LogP contribution is -2.34. The van der Waals surface area contributed by atoms with E-state index >= 15 is 0 Å². The Hall–Kier alpha value is -7.30. The molecule has 0 unspecified atom stereocenters. The van der Waals surface area contributed by atoms with Crippen LogP contribution in [0.5, 0.6) is 0 Å². The molecule has 0 aliphatic heterocycles. The number of amides is 3. The molecule has 10 nitrogen and oxygen atoms in total. The molecule has 8 aromatic rings. The number of rotatable bonds is 12. The van der Waals surface area contributed by atoms with Gasteiger partial charge in [-0.05, 0) is 142 Å². The summed E-state index contributed by atoms with van der Waals surface area (Å²) in [7, 11) is 5.40. The maximum atomic E-state index is 14.2. The van der Waals surface area contributed by atoms with Gasteiger partial charge in [-0.2, -0.15) is 0 Å². The first-order valence-corrected chi connectivity index (χ1v) is 23.1. The lowest BCUT2D eigenvalue weighted by Gasteiger charge is -2.26. The lowest BCUT2D eigenvalue weighted by atomic mass is 9.91. The minimum atomic E-state index is -0.615. The Balaban J connectivity index is 1.01. The number of fused-ring (bicyclic) bond motifs is 5. The molecule has 1 N–H and O–H groups in total. The number of ether oxygens (including phenoxy) is 2. The predicted molar refractivity (Wildman–Crippen MR) is 274 cm³/mol. The monoisotopic (exact) mass is 908 g/mol. The van der Waals surface area contributed by atoms with Crippen molar-refractivity contribution in [1.29, 1.82) is 0 Å². The number of benzene rings is 8. The molecule has 0 aliphatic carbocycles. The summed E-state index contributed by atoms with van der Waals surface area (Å²) in [5.74, 6) is -0.554. The quantitative estimate of drug-likeness (QED) is 0.0960. The minimum absolute atomic E-state index is 0.0872. The summed E-state index contributed by atoms with van der Waals surface area (Å²) in [6, 6.07) is 44.0. The third-order valence-corrected chi connectivity index (χ3v) is 12.2. The van der Waals surface area contributed by atoms with Gasteiger partial charge in [0.15, 0.2) is 0 Å². The summed E-state index contributed by atoms with van der Waals surface area (Å²) < 4.78 is 11.2. The Morgan fingerprint density at radius 3 is 1.10 bits per heavy atom. The van der Waals surface area contributed by atoms with Crippen molar-refractivity contribution >= 4 is 77.7 Å². The fraction of sp³-hybridized carbons (Fsp3) is 0.276. The average molecular weight is 909 g/mol. The van der Waals surface area contributed by atoms with Crippen LogP contribution in [0.1, 0.15) is 84.5 Å². The van der Waals surface area contributed by atoms with E-state index < -0.39 is 17.3 Å². The molecule has 0 saturated heterocycles. The van der Waals surface area contributed by atoms with E-state index in [2.05, 4.69) is 53.8 Å². The van der Waals surface area contributed by atoms with Gasteiger partial charge in [-0.1, -0.05) is 109 Å². The van der Waals surface area contributed by atoms with Gasteiger partial charge >= 0.3 is 12.1 Å². The van der Waals surface area contributed by atoms with E-state index in [1.165, 1.54) is 0 Å². The van der Waals surface area contributed by atoms with Crippen molar-refractivity contribution < 1.29 is 28.7 Å². The smallest absolute Gasteiger partial charge is 0.410 e. The molecule has 0 saturated carbocycles. The summed E-state index contributed by atoms with van der Waals surface area (Å²) >= 11 is 0. The van der Waals surface area contributed by atoms with Crippen molar-refractivity contribution in [3.63, 3.8) is 0 Å². The number of hydrogen-bond acceptors (Lipinski definition) is 7. The Morgan fingerprint density at radius 1 is 0.441 bits per heavy atom. The van der Waals surface area contributed by atoms with E-state index in [1.807, 2.05) is 141 Å². The van der Waals surface area contributed by atoms with Gasteiger partial charge in [0.1, 0.15) is 11.2 Å². The molecule has 0 fully saturated rings. The molecule has 0 radical (unpaired) electrons. The zero-order valence-corrected chi connectivity index (χ0v) is 40.5. The van der Waals surface area contributed by atoms with Gasteiger partial charge in [0, 0.05) is 58.4 Å². The molecule has 3 amide bonds. The first kappa shape index (κ1) is 47.2. The van der Waals surface area contributed by atoms with E-state index in [0.717, 1.165) is 76.1 Å². The molecule has 68 heavy (non-hydrogen) atoms. The molecular weight excluding hydrogens is 849 g/mol. The fourth-order valence-electron chi connectivity index (χ4n) is 9.20. The van der Waals surface area contributed by atoms with Crippen molar-refractivity contribution in [3.05, 3.63) is 167 Å². The van der Waals surface area contributed by atoms with Crippen molar-refractivity contribution in [2.24, 2.45) is 0 Å². The van der Waals surface area contributed by atoms with Crippen LogP contribution in [0.25, 0.3) is 53.9 Å². The van der Waals surface area contributed by atoms with Gasteiger partial charge in [-0.3, -0.25) is 14.4 Å². The Bertz CT molecular complexity index is 3140. The second-order valence-corrected chi connectivity index (χ2v) is 19.7. The average Bonchev–Trinajstić information content (AvgIpc) is 3.31. The van der Waals surface area contributed by atoms with Crippen LogP contribution in [0, 0.1) is 0 Å². The normalized spacial score (nSPS) is 11.9. The maximum absolute atomic E-state index is 14.2. The number of carbonyl (C=O) groups excluding carboxylic acids is 4. The highest BCUT2D eigenvalue weighted by molar-refractivity contribution is 6.08. The van der Waals surface area contributed by atoms with Gasteiger partial charge in [-0.25, -0.2) is 4.79 Å². The van der Waals surface area contributed by atoms with Gasteiger partial charge in [0.25, 0.3) is 11.8 Å². The third kappa shape index (κ3) is 10.2. The molecule has 0 spiro atoms. The number of nitrogens with zero attached hydrogens (tertiary/aromatic N) is 3. The highest BCUT2D eigenvalue weighted by atomic mass is 16.6. The van der Waals surface area contributed by atoms with E-state index in [1.54, 1.807) is 21.7 Å². The van der Waals surface area contributed by atoms with Crippen molar-refractivity contribution in [2.75, 3.05) is 27.7 Å². The zero-order valence-electron chi connectivity index (χ0n) is 40.5. The molecule has 0 bridgehead atoms. The summed E-state index contributed by atoms with van der Waals surface area (Å²) in [5.41, 5.74) is 4.07. The van der Waals surface area contributed by atoms with Crippen LogP contribution in [0.15, 0.2) is 133 Å². The minimum Gasteiger partial charge on any atom is -0.459 e. The van der Waals surface area contributed by atoms with Gasteiger partial charge in [0.2, 0.25) is 0 Å². The second-order valence-electron chi connectivity index (χ2n) is 19.7. The predicted octanol–water partition coefficient (Wildman–Crippen LogP) is 11.8. The van der Waals surface area contributed by atoms with Gasteiger partial charge in [0.05, 0.1) is 6.54 Å². The first-order chi connectivity index (χ1) is 32.4. The highest BCUT2D eigenvalue weighted by Crippen LogP contribution is 2.36. The van der Waals surface area contributed by atoms with Crippen molar-refractivity contribution in [2.45, 2.75) is 78.9 Å². The SMILES string of the molecule is CN(Cc1c2ccccc2c(CN(C)C(=O)c2ccc3cc(C(=O)N(C)Cc4c5ccccc5c(CNCC(=O)OC(C)(C)C)c5ccccc45)ccc3c2)c2ccccc12)C(=O)OC(C)(C)C. The summed E-state index contributed by atoms with van der Waals surface area (Å²) in [6.07, 6.45) is -0.393. The Kier molecular flexibility index (Phi) is 13.3. The summed E-state index contributed by atoms with van der Waals surface area (Å²) in [4.78, 5) is 59.1. The lowest BCUT2D eigenvalue weighted by molar-refractivity contribution is -0.153. The van der Waals surface area contributed by atoms with E-state index in [4.69, 9.17) is 9.47 Å². The number of nitrogens with one attached hydrogen (secondary N) is 1. The van der Waals surface area contributed by atoms with Crippen LogP contribution in [-0.2, 0) is 40.4 Å². The first-order valence-electron chi connectivity index (χ1n) is 23.1. The fourth-order valence-corrected chi connectivity index (χ4v) is 9.20.